The van der Waals surface area contributed by atoms with E-state index in [9.17, 15) is 0 Å². The molecule has 0 radical (unpaired) electrons. The van der Waals surface area contributed by atoms with Crippen molar-refractivity contribution in [2.75, 3.05) is 7.11 Å². The van der Waals surface area contributed by atoms with Gasteiger partial charge in [-0.25, -0.2) is 0 Å². The molecule has 0 aromatic heterocycles. The second-order valence-corrected chi connectivity index (χ2v) is 6.00. The molecule has 0 heterocycles. The Morgan fingerprint density at radius 3 is 2.05 bits per heavy atom. The van der Waals surface area contributed by atoms with Crippen molar-refractivity contribution in [1.82, 2.24) is 0 Å². The van der Waals surface area contributed by atoms with E-state index in [1.807, 2.05) is 0 Å². The molecule has 0 saturated carbocycles. The van der Waals surface area contributed by atoms with Gasteiger partial charge in [-0.2, -0.15) is 0 Å². The minimum Gasteiger partial charge on any atom is -0.496 e. The molecule has 112 valence electrons. The number of hydrogen-bond acceptors (Lipinski definition) is 2. The summed E-state index contributed by atoms with van der Waals surface area (Å²) in [5.74, 6) is 0.893. The molecule has 0 spiro atoms. The maximum atomic E-state index is 6.47. The summed E-state index contributed by atoms with van der Waals surface area (Å²) in [7, 11) is 1.71. The molecule has 2 aromatic carbocycles. The van der Waals surface area contributed by atoms with Gasteiger partial charge in [0.15, 0.2) is 0 Å². The first-order valence-corrected chi connectivity index (χ1v) is 7.38. The van der Waals surface area contributed by atoms with Gasteiger partial charge in [0.05, 0.1) is 7.11 Å². The molecule has 21 heavy (non-hydrogen) atoms. The summed E-state index contributed by atoms with van der Waals surface area (Å²) < 4.78 is 5.53. The van der Waals surface area contributed by atoms with E-state index in [1.165, 1.54) is 27.8 Å². The summed E-state index contributed by atoms with van der Waals surface area (Å²) in [6.07, 6.45) is 0.822. The van der Waals surface area contributed by atoms with Crippen LogP contribution in [0.2, 0.25) is 0 Å². The third-order valence-electron chi connectivity index (χ3n) is 3.82. The molecule has 1 atom stereocenters. The van der Waals surface area contributed by atoms with Gasteiger partial charge in [0.1, 0.15) is 5.75 Å². The highest BCUT2D eigenvalue weighted by Crippen LogP contribution is 2.31. The number of hydrogen-bond donors (Lipinski definition) is 1. The Kier molecular flexibility index (Phi) is 4.69. The predicted molar refractivity (Wildman–Crippen MR) is 89.0 cm³/mol. The number of benzene rings is 2. The first-order chi connectivity index (χ1) is 9.90. The highest BCUT2D eigenvalue weighted by Gasteiger charge is 2.16. The highest BCUT2D eigenvalue weighted by atomic mass is 16.5. The van der Waals surface area contributed by atoms with Crippen LogP contribution in [0.4, 0.5) is 0 Å². The Bertz CT molecular complexity index is 626. The molecular weight excluding hydrogens is 258 g/mol. The van der Waals surface area contributed by atoms with Crippen LogP contribution in [-0.2, 0) is 6.42 Å². The average Bonchev–Trinajstić information content (AvgIpc) is 2.35. The molecule has 2 heteroatoms. The Labute approximate surface area is 127 Å². The average molecular weight is 283 g/mol. The highest BCUT2D eigenvalue weighted by molar-refractivity contribution is 5.45. The van der Waals surface area contributed by atoms with E-state index in [1.54, 1.807) is 7.11 Å². The molecule has 1 unspecified atom stereocenters. The van der Waals surface area contributed by atoms with Gasteiger partial charge in [0.25, 0.3) is 0 Å². The fourth-order valence-electron chi connectivity index (χ4n) is 3.13. The third kappa shape index (κ3) is 3.64. The van der Waals surface area contributed by atoms with Crippen molar-refractivity contribution in [3.8, 4) is 5.75 Å². The summed E-state index contributed by atoms with van der Waals surface area (Å²) >= 11 is 0. The maximum absolute atomic E-state index is 6.47. The van der Waals surface area contributed by atoms with Gasteiger partial charge in [-0.15, -0.1) is 0 Å². The molecule has 0 fully saturated rings. The third-order valence-corrected chi connectivity index (χ3v) is 3.82. The van der Waals surface area contributed by atoms with Crippen molar-refractivity contribution in [1.29, 1.82) is 0 Å². The van der Waals surface area contributed by atoms with Crippen molar-refractivity contribution >= 4 is 0 Å². The van der Waals surface area contributed by atoms with Gasteiger partial charge in [0.2, 0.25) is 0 Å². The normalized spacial score (nSPS) is 12.3. The smallest absolute Gasteiger partial charge is 0.124 e. The molecule has 2 rings (SSSR count). The summed E-state index contributed by atoms with van der Waals surface area (Å²) in [4.78, 5) is 0. The van der Waals surface area contributed by atoms with Crippen molar-refractivity contribution in [3.63, 3.8) is 0 Å². The van der Waals surface area contributed by atoms with Gasteiger partial charge in [0, 0.05) is 11.6 Å². The summed E-state index contributed by atoms with van der Waals surface area (Å²) in [5, 5.41) is 0. The van der Waals surface area contributed by atoms with Crippen LogP contribution in [0, 0.1) is 27.7 Å². The van der Waals surface area contributed by atoms with Crippen LogP contribution in [0.15, 0.2) is 30.3 Å². The maximum Gasteiger partial charge on any atom is 0.124 e. The number of rotatable bonds is 4. The summed E-state index contributed by atoms with van der Waals surface area (Å²) in [6, 6.07) is 10.8. The van der Waals surface area contributed by atoms with E-state index in [0.29, 0.717) is 0 Å². The zero-order chi connectivity index (χ0) is 15.6. The van der Waals surface area contributed by atoms with E-state index >= 15 is 0 Å². The monoisotopic (exact) mass is 283 g/mol. The van der Waals surface area contributed by atoms with Crippen LogP contribution in [0.5, 0.6) is 5.75 Å². The molecule has 0 saturated heterocycles. The Morgan fingerprint density at radius 1 is 0.905 bits per heavy atom. The van der Waals surface area contributed by atoms with Crippen molar-refractivity contribution in [3.05, 3.63) is 63.7 Å². The van der Waals surface area contributed by atoms with Crippen LogP contribution in [-0.4, -0.2) is 7.11 Å². The minimum atomic E-state index is -0.0539. The van der Waals surface area contributed by atoms with Crippen LogP contribution in [0.25, 0.3) is 0 Å². The SMILES string of the molecule is COc1cc(C)cc(C)c1C(N)Cc1cc(C)cc(C)c1. The molecule has 0 aliphatic carbocycles. The molecule has 2 nitrogen and oxygen atoms in total. The largest absolute Gasteiger partial charge is 0.496 e. The molecule has 0 aliphatic heterocycles. The molecule has 0 aliphatic rings. The zero-order valence-electron chi connectivity index (χ0n) is 13.7. The fourth-order valence-corrected chi connectivity index (χ4v) is 3.13. The molecule has 2 aromatic rings. The van der Waals surface area contributed by atoms with Gasteiger partial charge in [-0.05, 0) is 56.9 Å². The van der Waals surface area contributed by atoms with E-state index in [-0.39, 0.29) is 6.04 Å². The van der Waals surface area contributed by atoms with Crippen molar-refractivity contribution in [2.45, 2.75) is 40.2 Å². The summed E-state index contributed by atoms with van der Waals surface area (Å²) in [6.45, 7) is 8.43. The van der Waals surface area contributed by atoms with E-state index in [2.05, 4.69) is 58.0 Å². The van der Waals surface area contributed by atoms with Gasteiger partial charge in [-0.3, -0.25) is 0 Å². The van der Waals surface area contributed by atoms with Crippen LogP contribution >= 0.6 is 0 Å². The fraction of sp³-hybridized carbons (Fsp3) is 0.368. The Balaban J connectivity index is 2.34. The van der Waals surface area contributed by atoms with E-state index < -0.39 is 0 Å². The zero-order valence-corrected chi connectivity index (χ0v) is 13.7. The lowest BCUT2D eigenvalue weighted by Crippen LogP contribution is -2.16. The number of methoxy groups -OCH3 is 1. The van der Waals surface area contributed by atoms with E-state index in [4.69, 9.17) is 10.5 Å². The van der Waals surface area contributed by atoms with Crippen molar-refractivity contribution < 1.29 is 4.74 Å². The lowest BCUT2D eigenvalue weighted by atomic mass is 9.93. The minimum absolute atomic E-state index is 0.0539. The lowest BCUT2D eigenvalue weighted by molar-refractivity contribution is 0.404. The second-order valence-electron chi connectivity index (χ2n) is 6.00. The number of ether oxygens (including phenoxy) is 1. The van der Waals surface area contributed by atoms with Crippen LogP contribution in [0.1, 0.15) is 39.4 Å². The molecule has 0 amide bonds. The second kappa shape index (κ2) is 6.31. The van der Waals surface area contributed by atoms with Crippen LogP contribution < -0.4 is 10.5 Å². The number of aryl methyl sites for hydroxylation is 4. The van der Waals surface area contributed by atoms with Crippen LogP contribution in [0.3, 0.4) is 0 Å². The first kappa shape index (κ1) is 15.6. The lowest BCUT2D eigenvalue weighted by Gasteiger charge is -2.19. The number of nitrogens with two attached hydrogens (primary N) is 1. The predicted octanol–water partition coefficient (Wildman–Crippen LogP) is 4.17. The topological polar surface area (TPSA) is 35.2 Å². The summed E-state index contributed by atoms with van der Waals surface area (Å²) in [5.41, 5.74) is 13.8. The standard InChI is InChI=1S/C19H25NO/c1-12-6-13(2)9-16(8-12)11-17(20)19-15(4)7-14(3)10-18(19)21-5/h6-10,17H,11,20H2,1-5H3. The molecule has 0 bridgehead atoms. The van der Waals surface area contributed by atoms with E-state index in [0.717, 1.165) is 17.7 Å². The first-order valence-electron chi connectivity index (χ1n) is 7.38. The van der Waals surface area contributed by atoms with Gasteiger partial charge >= 0.3 is 0 Å². The Hall–Kier alpha value is -1.80. The van der Waals surface area contributed by atoms with Gasteiger partial charge < -0.3 is 10.5 Å². The van der Waals surface area contributed by atoms with Crippen molar-refractivity contribution in [2.24, 2.45) is 5.73 Å². The molecule has 2 N–H and O–H groups in total. The molecular formula is C19H25NO. The quantitative estimate of drug-likeness (QED) is 0.914. The Morgan fingerprint density at radius 2 is 1.48 bits per heavy atom. The van der Waals surface area contributed by atoms with Gasteiger partial charge in [-0.1, -0.05) is 35.4 Å².